The van der Waals surface area contributed by atoms with E-state index in [-0.39, 0.29) is 11.8 Å². The molecular formula is C17H19F2NO. The molecule has 2 aromatic carbocycles. The number of rotatable bonds is 5. The first-order valence-corrected chi connectivity index (χ1v) is 6.82. The topological polar surface area (TPSA) is 35.2 Å². The van der Waals surface area contributed by atoms with Gasteiger partial charge in [-0.15, -0.1) is 0 Å². The zero-order valence-corrected chi connectivity index (χ0v) is 12.1. The average Bonchev–Trinajstić information content (AvgIpc) is 2.43. The summed E-state index contributed by atoms with van der Waals surface area (Å²) in [6.07, 6.45) is 0.705. The van der Waals surface area contributed by atoms with Crippen LogP contribution < -0.4 is 10.5 Å². The van der Waals surface area contributed by atoms with E-state index in [1.807, 2.05) is 0 Å². The predicted octanol–water partition coefficient (Wildman–Crippen LogP) is 4.15. The van der Waals surface area contributed by atoms with E-state index >= 15 is 0 Å². The lowest BCUT2D eigenvalue weighted by Gasteiger charge is -2.14. The molecule has 0 aromatic heterocycles. The van der Waals surface area contributed by atoms with Crippen molar-refractivity contribution in [3.63, 3.8) is 0 Å². The maximum absolute atomic E-state index is 12.1. The van der Waals surface area contributed by atoms with Crippen LogP contribution in [0.2, 0.25) is 0 Å². The molecule has 0 aliphatic rings. The lowest BCUT2D eigenvalue weighted by atomic mass is 9.97. The third-order valence-corrected chi connectivity index (χ3v) is 3.56. The van der Waals surface area contributed by atoms with Gasteiger partial charge < -0.3 is 10.5 Å². The van der Waals surface area contributed by atoms with Crippen molar-refractivity contribution in [2.75, 3.05) is 0 Å². The van der Waals surface area contributed by atoms with Crippen LogP contribution in [-0.2, 0) is 6.42 Å². The Kier molecular flexibility index (Phi) is 4.91. The quantitative estimate of drug-likeness (QED) is 0.898. The summed E-state index contributed by atoms with van der Waals surface area (Å²) in [6, 6.07) is 12.6. The van der Waals surface area contributed by atoms with Crippen LogP contribution in [0.3, 0.4) is 0 Å². The van der Waals surface area contributed by atoms with Crippen molar-refractivity contribution >= 4 is 0 Å². The molecular weight excluding hydrogens is 272 g/mol. The van der Waals surface area contributed by atoms with E-state index in [0.29, 0.717) is 6.42 Å². The molecule has 0 bridgehead atoms. The number of nitrogens with two attached hydrogens (primary N) is 1. The predicted molar refractivity (Wildman–Crippen MR) is 79.6 cm³/mol. The Morgan fingerprint density at radius 1 is 1.00 bits per heavy atom. The van der Waals surface area contributed by atoms with Crippen LogP contribution in [0.15, 0.2) is 42.5 Å². The summed E-state index contributed by atoms with van der Waals surface area (Å²) in [6.45, 7) is 1.33. The van der Waals surface area contributed by atoms with Crippen molar-refractivity contribution in [3.8, 4) is 5.75 Å². The Labute approximate surface area is 123 Å². The molecule has 2 rings (SSSR count). The minimum Gasteiger partial charge on any atom is -0.435 e. The Morgan fingerprint density at radius 2 is 1.67 bits per heavy atom. The molecule has 0 aliphatic carbocycles. The van der Waals surface area contributed by atoms with Crippen molar-refractivity contribution in [2.45, 2.75) is 32.9 Å². The lowest BCUT2D eigenvalue weighted by Crippen LogP contribution is -2.13. The maximum atomic E-state index is 12.1. The van der Waals surface area contributed by atoms with Gasteiger partial charge in [0.2, 0.25) is 0 Å². The number of hydrogen-bond donors (Lipinski definition) is 1. The van der Waals surface area contributed by atoms with Gasteiger partial charge in [0.15, 0.2) is 0 Å². The second kappa shape index (κ2) is 6.68. The van der Waals surface area contributed by atoms with E-state index in [1.54, 1.807) is 12.1 Å². The molecule has 2 N–H and O–H groups in total. The van der Waals surface area contributed by atoms with E-state index in [2.05, 4.69) is 36.8 Å². The van der Waals surface area contributed by atoms with Gasteiger partial charge in [-0.3, -0.25) is 0 Å². The highest BCUT2D eigenvalue weighted by atomic mass is 19.3. The third kappa shape index (κ3) is 4.26. The number of alkyl halides is 2. The molecule has 112 valence electrons. The highest BCUT2D eigenvalue weighted by molar-refractivity contribution is 5.33. The summed E-state index contributed by atoms with van der Waals surface area (Å²) in [7, 11) is 0. The van der Waals surface area contributed by atoms with Gasteiger partial charge in [0, 0.05) is 6.04 Å². The van der Waals surface area contributed by atoms with E-state index in [9.17, 15) is 8.78 Å². The summed E-state index contributed by atoms with van der Waals surface area (Å²) in [4.78, 5) is 0. The summed E-state index contributed by atoms with van der Waals surface area (Å²) >= 11 is 0. The van der Waals surface area contributed by atoms with Crippen LogP contribution in [0.5, 0.6) is 5.75 Å². The SMILES string of the molecule is Cc1ccc(CC(N)c2ccc(OC(F)F)cc2)cc1C. The fraction of sp³-hybridized carbons (Fsp3) is 0.294. The zero-order chi connectivity index (χ0) is 15.4. The van der Waals surface area contributed by atoms with Gasteiger partial charge in [0.05, 0.1) is 0 Å². The van der Waals surface area contributed by atoms with E-state index in [4.69, 9.17) is 5.73 Å². The standard InChI is InChI=1S/C17H19F2NO/c1-11-3-4-13(9-12(11)2)10-16(20)14-5-7-15(8-6-14)21-17(18)19/h3-9,16-17H,10,20H2,1-2H3. The van der Waals surface area contributed by atoms with Gasteiger partial charge in [-0.2, -0.15) is 8.78 Å². The normalized spacial score (nSPS) is 12.5. The molecule has 0 radical (unpaired) electrons. The fourth-order valence-electron chi connectivity index (χ4n) is 2.20. The Bertz CT molecular complexity index is 596. The number of hydrogen-bond acceptors (Lipinski definition) is 2. The Hall–Kier alpha value is -1.94. The molecule has 2 aromatic rings. The number of ether oxygens (including phenoxy) is 1. The van der Waals surface area contributed by atoms with Gasteiger partial charge in [-0.05, 0) is 54.7 Å². The second-order valence-electron chi connectivity index (χ2n) is 5.18. The van der Waals surface area contributed by atoms with Crippen LogP contribution in [0.1, 0.15) is 28.3 Å². The van der Waals surface area contributed by atoms with E-state index < -0.39 is 6.61 Å². The van der Waals surface area contributed by atoms with Crippen molar-refractivity contribution < 1.29 is 13.5 Å². The molecule has 0 amide bonds. The van der Waals surface area contributed by atoms with Crippen LogP contribution in [-0.4, -0.2) is 6.61 Å². The molecule has 4 heteroatoms. The Balaban J connectivity index is 2.05. The molecule has 0 spiro atoms. The number of halogens is 2. The monoisotopic (exact) mass is 291 g/mol. The van der Waals surface area contributed by atoms with Gasteiger partial charge >= 0.3 is 6.61 Å². The van der Waals surface area contributed by atoms with E-state index in [1.165, 1.54) is 28.8 Å². The maximum Gasteiger partial charge on any atom is 0.387 e. The molecule has 21 heavy (non-hydrogen) atoms. The van der Waals surface area contributed by atoms with Gasteiger partial charge in [-0.25, -0.2) is 0 Å². The summed E-state index contributed by atoms with van der Waals surface area (Å²) in [5.41, 5.74) is 10.7. The number of benzene rings is 2. The van der Waals surface area contributed by atoms with Crippen molar-refractivity contribution in [1.29, 1.82) is 0 Å². The van der Waals surface area contributed by atoms with Gasteiger partial charge in [0.1, 0.15) is 5.75 Å². The molecule has 2 nitrogen and oxygen atoms in total. The molecule has 0 aliphatic heterocycles. The summed E-state index contributed by atoms with van der Waals surface area (Å²) < 4.78 is 28.5. The highest BCUT2D eigenvalue weighted by Gasteiger charge is 2.09. The van der Waals surface area contributed by atoms with E-state index in [0.717, 1.165) is 5.56 Å². The molecule has 0 saturated heterocycles. The largest absolute Gasteiger partial charge is 0.435 e. The smallest absolute Gasteiger partial charge is 0.387 e. The van der Waals surface area contributed by atoms with Crippen LogP contribution >= 0.6 is 0 Å². The van der Waals surface area contributed by atoms with Crippen LogP contribution in [0.25, 0.3) is 0 Å². The van der Waals surface area contributed by atoms with Crippen molar-refractivity contribution in [1.82, 2.24) is 0 Å². The van der Waals surface area contributed by atoms with Gasteiger partial charge in [-0.1, -0.05) is 30.3 Å². The Morgan fingerprint density at radius 3 is 2.24 bits per heavy atom. The fourth-order valence-corrected chi connectivity index (χ4v) is 2.20. The summed E-state index contributed by atoms with van der Waals surface area (Å²) in [5, 5.41) is 0. The molecule has 1 atom stereocenters. The minimum absolute atomic E-state index is 0.145. The first-order chi connectivity index (χ1) is 9.95. The average molecular weight is 291 g/mol. The summed E-state index contributed by atoms with van der Waals surface area (Å²) in [5.74, 6) is 0.145. The highest BCUT2D eigenvalue weighted by Crippen LogP contribution is 2.21. The first-order valence-electron chi connectivity index (χ1n) is 6.82. The molecule has 0 heterocycles. The minimum atomic E-state index is -2.81. The molecule has 0 fully saturated rings. The molecule has 0 saturated carbocycles. The van der Waals surface area contributed by atoms with Crippen molar-refractivity contribution in [2.24, 2.45) is 5.73 Å². The molecule has 1 unspecified atom stereocenters. The van der Waals surface area contributed by atoms with Crippen LogP contribution in [0.4, 0.5) is 8.78 Å². The van der Waals surface area contributed by atoms with Crippen molar-refractivity contribution in [3.05, 3.63) is 64.7 Å². The van der Waals surface area contributed by atoms with Gasteiger partial charge in [0.25, 0.3) is 0 Å². The lowest BCUT2D eigenvalue weighted by molar-refractivity contribution is -0.0498. The third-order valence-electron chi connectivity index (χ3n) is 3.56. The number of aryl methyl sites for hydroxylation is 2. The van der Waals surface area contributed by atoms with Crippen LogP contribution in [0, 0.1) is 13.8 Å². The first kappa shape index (κ1) is 15.4. The zero-order valence-electron chi connectivity index (χ0n) is 12.1. The second-order valence-corrected chi connectivity index (χ2v) is 5.18.